The summed E-state index contributed by atoms with van der Waals surface area (Å²) in [5, 5.41) is 20.4. The first-order valence-corrected chi connectivity index (χ1v) is 13.6. The van der Waals surface area contributed by atoms with Crippen LogP contribution in [0, 0.1) is 31.8 Å². The molecule has 0 fully saturated rings. The molecule has 0 aliphatic carbocycles. The Kier molecular flexibility index (Phi) is 7.80. The van der Waals surface area contributed by atoms with Gasteiger partial charge in [0, 0.05) is 11.1 Å². The second kappa shape index (κ2) is 11.1. The van der Waals surface area contributed by atoms with E-state index in [4.69, 9.17) is 6.57 Å². The van der Waals surface area contributed by atoms with Crippen molar-refractivity contribution in [3.63, 3.8) is 0 Å². The van der Waals surface area contributed by atoms with Crippen LogP contribution in [-0.4, -0.2) is 34.5 Å². The maximum atomic E-state index is 13.5. The summed E-state index contributed by atoms with van der Waals surface area (Å²) >= 11 is 0. The Morgan fingerprint density at radius 3 is 2.29 bits per heavy atom. The molecule has 210 valence electrons. The van der Waals surface area contributed by atoms with Crippen molar-refractivity contribution < 1.29 is 27.7 Å². The zero-order valence-corrected chi connectivity index (χ0v) is 23.3. The number of rotatable bonds is 5. The largest absolute Gasteiger partial charge is 0.502 e. The number of nitriles is 1. The lowest BCUT2D eigenvalue weighted by Crippen LogP contribution is -2.43. The van der Waals surface area contributed by atoms with Crippen LogP contribution < -0.4 is 10.5 Å². The summed E-state index contributed by atoms with van der Waals surface area (Å²) in [6.45, 7) is 12.2. The zero-order valence-electron chi connectivity index (χ0n) is 22.5. The summed E-state index contributed by atoms with van der Waals surface area (Å²) in [6.07, 6.45) is 3.96. The molecule has 12 heteroatoms. The van der Waals surface area contributed by atoms with Crippen LogP contribution >= 0.6 is 0 Å². The van der Waals surface area contributed by atoms with Crippen molar-refractivity contribution in [3.8, 4) is 17.6 Å². The van der Waals surface area contributed by atoms with Gasteiger partial charge in [-0.15, -0.1) is 0 Å². The number of amides is 2. The Balaban J connectivity index is 1.86. The number of benzene rings is 2. The third-order valence-electron chi connectivity index (χ3n) is 6.63. The molecule has 42 heavy (non-hydrogen) atoms. The number of pyridine rings is 1. The Bertz CT molecular complexity index is 2040. The van der Waals surface area contributed by atoms with Gasteiger partial charge in [-0.25, -0.2) is 9.74 Å². The highest BCUT2D eigenvalue weighted by Gasteiger charge is 2.36. The SMILES string of the molecule is [C-]#[N+]c1c(C)c(/C=C/C=C2C(=O)N(c3cccc(S(=O)(=O)O)c3)C(=O)C(C#N)=C2C)c(=O)n(-c2cccc(C)c2)c1O. The van der Waals surface area contributed by atoms with Crippen molar-refractivity contribution in [2.24, 2.45) is 0 Å². The van der Waals surface area contributed by atoms with Gasteiger partial charge in [-0.05, 0) is 73.9 Å². The van der Waals surface area contributed by atoms with Crippen molar-refractivity contribution in [2.45, 2.75) is 25.7 Å². The first kappa shape index (κ1) is 29.4. The van der Waals surface area contributed by atoms with Gasteiger partial charge in [-0.2, -0.15) is 13.7 Å². The highest BCUT2D eigenvalue weighted by Crippen LogP contribution is 2.34. The molecule has 2 amide bonds. The monoisotopic (exact) mass is 582 g/mol. The van der Waals surface area contributed by atoms with E-state index in [0.717, 1.165) is 22.3 Å². The maximum absolute atomic E-state index is 13.5. The van der Waals surface area contributed by atoms with E-state index < -0.39 is 38.3 Å². The van der Waals surface area contributed by atoms with E-state index >= 15 is 0 Å². The van der Waals surface area contributed by atoms with Crippen LogP contribution in [0.15, 0.2) is 87.1 Å². The molecule has 2 heterocycles. The molecule has 0 spiro atoms. The fourth-order valence-corrected chi connectivity index (χ4v) is 5.00. The van der Waals surface area contributed by atoms with E-state index in [1.54, 1.807) is 24.3 Å². The number of carbonyl (C=O) groups excluding carboxylic acids is 2. The van der Waals surface area contributed by atoms with Crippen molar-refractivity contribution >= 4 is 39.4 Å². The molecule has 11 nitrogen and oxygen atoms in total. The van der Waals surface area contributed by atoms with E-state index in [0.29, 0.717) is 10.6 Å². The van der Waals surface area contributed by atoms with Crippen molar-refractivity contribution in [1.82, 2.24) is 4.57 Å². The molecule has 2 N–H and O–H groups in total. The lowest BCUT2D eigenvalue weighted by atomic mass is 9.94. The van der Waals surface area contributed by atoms with Gasteiger partial charge in [0.2, 0.25) is 11.6 Å². The van der Waals surface area contributed by atoms with E-state index in [1.807, 2.05) is 13.0 Å². The first-order valence-electron chi connectivity index (χ1n) is 12.2. The normalized spacial score (nSPS) is 14.9. The van der Waals surface area contributed by atoms with E-state index in [-0.39, 0.29) is 39.2 Å². The number of anilines is 1. The summed E-state index contributed by atoms with van der Waals surface area (Å²) in [4.78, 5) is 43.4. The molecule has 2 aromatic carbocycles. The molecule has 1 aliphatic rings. The maximum Gasteiger partial charge on any atom is 0.294 e. The molecular formula is C30H22N4O7S. The summed E-state index contributed by atoms with van der Waals surface area (Å²) in [6, 6.07) is 13.0. The van der Waals surface area contributed by atoms with Gasteiger partial charge in [0.25, 0.3) is 27.5 Å². The second-order valence-corrected chi connectivity index (χ2v) is 10.7. The van der Waals surface area contributed by atoms with Crippen molar-refractivity contribution in [2.75, 3.05) is 4.90 Å². The number of aryl methyl sites for hydroxylation is 1. The molecule has 3 aromatic rings. The predicted molar refractivity (Wildman–Crippen MR) is 154 cm³/mol. The molecule has 1 aromatic heterocycles. The first-order chi connectivity index (χ1) is 19.8. The Morgan fingerprint density at radius 2 is 1.67 bits per heavy atom. The number of aromatic hydroxyl groups is 1. The number of imide groups is 1. The lowest BCUT2D eigenvalue weighted by Gasteiger charge is -2.27. The summed E-state index contributed by atoms with van der Waals surface area (Å²) < 4.78 is 33.7. The van der Waals surface area contributed by atoms with Crippen LogP contribution in [0.3, 0.4) is 0 Å². The topological polar surface area (TPSA) is 162 Å². The minimum absolute atomic E-state index is 0.0522. The zero-order chi connectivity index (χ0) is 30.9. The number of carbonyl (C=O) groups is 2. The van der Waals surface area contributed by atoms with Crippen LogP contribution in [0.4, 0.5) is 11.4 Å². The summed E-state index contributed by atoms with van der Waals surface area (Å²) in [5.74, 6) is -2.38. The Morgan fingerprint density at radius 1 is 1.00 bits per heavy atom. The van der Waals surface area contributed by atoms with Crippen molar-refractivity contribution in [1.29, 1.82) is 5.26 Å². The molecule has 0 saturated heterocycles. The Hall–Kier alpha value is -5.56. The van der Waals surface area contributed by atoms with E-state index in [9.17, 15) is 37.7 Å². The number of hydrogen-bond donors (Lipinski definition) is 2. The van der Waals surface area contributed by atoms with Gasteiger partial charge in [0.15, 0.2) is 0 Å². The molecule has 1 aliphatic heterocycles. The predicted octanol–water partition coefficient (Wildman–Crippen LogP) is 4.31. The van der Waals surface area contributed by atoms with Crippen molar-refractivity contribution in [3.05, 3.63) is 116 Å². The fourth-order valence-electron chi connectivity index (χ4n) is 4.48. The standard InChI is InChI=1S/C30H22N4O7S/c1-17-8-5-9-20(14-17)34-28(36)24(19(3)26(32-4)30(34)38)13-7-12-23-18(2)25(16-31)29(37)33(27(23)35)21-10-6-11-22(15-21)42(39,40)41/h5-15,38H,1-3H3,(H,39,40,41)/b13-7+,23-12?. The highest BCUT2D eigenvalue weighted by atomic mass is 32.2. The van der Waals surface area contributed by atoms with E-state index in [1.165, 1.54) is 44.2 Å². The van der Waals surface area contributed by atoms with E-state index in [2.05, 4.69) is 4.85 Å². The number of aromatic nitrogens is 1. The van der Waals surface area contributed by atoms with Crippen LogP contribution in [0.1, 0.15) is 23.6 Å². The third-order valence-corrected chi connectivity index (χ3v) is 7.48. The van der Waals surface area contributed by atoms with Crippen LogP contribution in [0.5, 0.6) is 5.88 Å². The number of hydrogen-bond acceptors (Lipinski definition) is 7. The average Bonchev–Trinajstić information content (AvgIpc) is 2.92. The van der Waals surface area contributed by atoms with Crippen LogP contribution in [-0.2, 0) is 19.7 Å². The van der Waals surface area contributed by atoms with Gasteiger partial charge < -0.3 is 5.11 Å². The van der Waals surface area contributed by atoms with Gasteiger partial charge >= 0.3 is 0 Å². The molecule has 0 atom stereocenters. The minimum atomic E-state index is -4.65. The molecule has 4 rings (SSSR count). The summed E-state index contributed by atoms with van der Waals surface area (Å²) in [7, 11) is -4.65. The third kappa shape index (κ3) is 5.15. The molecular weight excluding hydrogens is 560 g/mol. The quantitative estimate of drug-likeness (QED) is 0.195. The van der Waals surface area contributed by atoms with Gasteiger partial charge in [0.1, 0.15) is 11.6 Å². The van der Waals surface area contributed by atoms with Crippen LogP contribution in [0.2, 0.25) is 0 Å². The highest BCUT2D eigenvalue weighted by molar-refractivity contribution is 7.85. The Labute approximate surface area is 240 Å². The minimum Gasteiger partial charge on any atom is -0.502 e. The van der Waals surface area contributed by atoms with Gasteiger partial charge in [-0.1, -0.05) is 30.4 Å². The molecule has 0 radical (unpaired) electrons. The van der Waals surface area contributed by atoms with Gasteiger partial charge in [0.05, 0.1) is 22.8 Å². The van der Waals surface area contributed by atoms with Gasteiger partial charge in [-0.3, -0.25) is 23.5 Å². The molecule has 0 bridgehead atoms. The fraction of sp³-hybridized carbons (Fsp3) is 0.100. The van der Waals surface area contributed by atoms with Crippen LogP contribution in [0.25, 0.3) is 16.6 Å². The molecule has 0 saturated carbocycles. The number of allylic oxidation sites excluding steroid dienone is 2. The lowest BCUT2D eigenvalue weighted by molar-refractivity contribution is -0.122. The average molecular weight is 583 g/mol. The second-order valence-electron chi connectivity index (χ2n) is 9.27. The summed E-state index contributed by atoms with van der Waals surface area (Å²) in [5.41, 5.74) is 0.0425. The molecule has 0 unspecified atom stereocenters. The smallest absolute Gasteiger partial charge is 0.294 e. The number of nitrogens with zero attached hydrogens (tertiary/aromatic N) is 4.